The fourth-order valence-electron chi connectivity index (χ4n) is 1.38. The predicted molar refractivity (Wildman–Crippen MR) is 60.5 cm³/mol. The zero-order chi connectivity index (χ0) is 11.2. The Morgan fingerprint density at radius 1 is 0.812 bits per heavy atom. The van der Waals surface area contributed by atoms with Crippen LogP contribution in [0, 0.1) is 0 Å². The van der Waals surface area contributed by atoms with Crippen molar-refractivity contribution in [1.29, 1.82) is 0 Å². The van der Waals surface area contributed by atoms with Gasteiger partial charge in [-0.25, -0.2) is 5.26 Å². The quantitative estimate of drug-likeness (QED) is 0.630. The van der Waals surface area contributed by atoms with E-state index in [9.17, 15) is 0 Å². The van der Waals surface area contributed by atoms with Gasteiger partial charge in [-0.2, -0.15) is 0 Å². The van der Waals surface area contributed by atoms with Gasteiger partial charge in [0.2, 0.25) is 5.75 Å². The number of hydrogen-bond donors (Lipinski definition) is 1. The molecule has 0 saturated heterocycles. The summed E-state index contributed by atoms with van der Waals surface area (Å²) in [7, 11) is 0. The molecule has 0 amide bonds. The standard InChI is InChI=1S/C13H12O3/c14-16-13-9-5-4-8-12(13)15-10-11-6-2-1-3-7-11/h1-9,14H,10H2. The summed E-state index contributed by atoms with van der Waals surface area (Å²) in [5, 5.41) is 8.64. The first kappa shape index (κ1) is 10.5. The van der Waals surface area contributed by atoms with E-state index in [2.05, 4.69) is 4.89 Å². The van der Waals surface area contributed by atoms with Crippen molar-refractivity contribution in [3.8, 4) is 11.5 Å². The summed E-state index contributed by atoms with van der Waals surface area (Å²) in [6, 6.07) is 16.8. The highest BCUT2D eigenvalue weighted by Gasteiger charge is 2.03. The van der Waals surface area contributed by atoms with Gasteiger partial charge < -0.3 is 9.62 Å². The minimum absolute atomic E-state index is 0.318. The van der Waals surface area contributed by atoms with Crippen molar-refractivity contribution in [1.82, 2.24) is 0 Å². The molecule has 2 rings (SSSR count). The van der Waals surface area contributed by atoms with E-state index in [-0.39, 0.29) is 0 Å². The second-order valence-electron chi connectivity index (χ2n) is 3.31. The summed E-state index contributed by atoms with van der Waals surface area (Å²) in [6.45, 7) is 0.446. The first-order chi connectivity index (χ1) is 7.90. The van der Waals surface area contributed by atoms with Gasteiger partial charge in [0.05, 0.1) is 0 Å². The second kappa shape index (κ2) is 5.19. The molecule has 16 heavy (non-hydrogen) atoms. The monoisotopic (exact) mass is 216 g/mol. The van der Waals surface area contributed by atoms with E-state index in [1.807, 2.05) is 36.4 Å². The van der Waals surface area contributed by atoms with Crippen LogP contribution in [0.3, 0.4) is 0 Å². The third-order valence-electron chi connectivity index (χ3n) is 2.18. The highest BCUT2D eigenvalue weighted by molar-refractivity contribution is 5.39. The van der Waals surface area contributed by atoms with E-state index in [1.165, 1.54) is 0 Å². The van der Waals surface area contributed by atoms with Crippen molar-refractivity contribution in [2.45, 2.75) is 6.61 Å². The molecule has 0 atom stereocenters. The van der Waals surface area contributed by atoms with Gasteiger partial charge in [-0.15, -0.1) is 0 Å². The largest absolute Gasteiger partial charge is 0.485 e. The zero-order valence-electron chi connectivity index (χ0n) is 8.67. The Kier molecular flexibility index (Phi) is 3.41. The van der Waals surface area contributed by atoms with Crippen LogP contribution in [0.4, 0.5) is 0 Å². The van der Waals surface area contributed by atoms with E-state index >= 15 is 0 Å². The molecule has 0 radical (unpaired) electrons. The molecular formula is C13H12O3. The number of rotatable bonds is 4. The van der Waals surface area contributed by atoms with Crippen LogP contribution in [0.5, 0.6) is 11.5 Å². The second-order valence-corrected chi connectivity index (χ2v) is 3.31. The molecule has 0 saturated carbocycles. The van der Waals surface area contributed by atoms with Crippen LogP contribution in [-0.2, 0) is 6.61 Å². The van der Waals surface area contributed by atoms with Crippen LogP contribution >= 0.6 is 0 Å². The van der Waals surface area contributed by atoms with Crippen molar-refractivity contribution < 1.29 is 14.9 Å². The maximum Gasteiger partial charge on any atom is 0.206 e. The minimum atomic E-state index is 0.318. The lowest BCUT2D eigenvalue weighted by Gasteiger charge is -2.08. The normalized spacial score (nSPS) is 9.81. The van der Waals surface area contributed by atoms with Gasteiger partial charge in [0.15, 0.2) is 5.75 Å². The number of ether oxygens (including phenoxy) is 1. The predicted octanol–water partition coefficient (Wildman–Crippen LogP) is 3.12. The van der Waals surface area contributed by atoms with Crippen LogP contribution in [0.15, 0.2) is 54.6 Å². The lowest BCUT2D eigenvalue weighted by Crippen LogP contribution is -1.97. The Morgan fingerprint density at radius 2 is 1.44 bits per heavy atom. The Labute approximate surface area is 93.8 Å². The van der Waals surface area contributed by atoms with Crippen molar-refractivity contribution in [2.75, 3.05) is 0 Å². The lowest BCUT2D eigenvalue weighted by atomic mass is 10.2. The third-order valence-corrected chi connectivity index (χ3v) is 2.18. The molecule has 0 aliphatic carbocycles. The Bertz CT molecular complexity index is 440. The van der Waals surface area contributed by atoms with E-state index in [0.29, 0.717) is 18.1 Å². The molecule has 82 valence electrons. The molecular weight excluding hydrogens is 204 g/mol. The van der Waals surface area contributed by atoms with Crippen LogP contribution in [0.1, 0.15) is 5.56 Å². The molecule has 3 heteroatoms. The molecule has 0 aliphatic heterocycles. The van der Waals surface area contributed by atoms with Crippen LogP contribution in [0.2, 0.25) is 0 Å². The summed E-state index contributed by atoms with van der Waals surface area (Å²) >= 11 is 0. The minimum Gasteiger partial charge on any atom is -0.485 e. The van der Waals surface area contributed by atoms with Crippen LogP contribution in [0.25, 0.3) is 0 Å². The van der Waals surface area contributed by atoms with E-state index in [0.717, 1.165) is 5.56 Å². The van der Waals surface area contributed by atoms with E-state index in [4.69, 9.17) is 9.99 Å². The highest BCUT2D eigenvalue weighted by atomic mass is 17.1. The molecule has 0 aliphatic rings. The molecule has 0 heterocycles. The Balaban J connectivity index is 2.05. The molecule has 0 fully saturated rings. The fourth-order valence-corrected chi connectivity index (χ4v) is 1.38. The van der Waals surface area contributed by atoms with Gasteiger partial charge in [0.25, 0.3) is 0 Å². The van der Waals surface area contributed by atoms with Gasteiger partial charge in [-0.05, 0) is 17.7 Å². The van der Waals surface area contributed by atoms with Crippen LogP contribution in [-0.4, -0.2) is 5.26 Å². The smallest absolute Gasteiger partial charge is 0.206 e. The summed E-state index contributed by atoms with van der Waals surface area (Å²) in [4.78, 5) is 4.21. The van der Waals surface area contributed by atoms with Gasteiger partial charge in [-0.1, -0.05) is 42.5 Å². The van der Waals surface area contributed by atoms with E-state index < -0.39 is 0 Å². The molecule has 2 aromatic rings. The molecule has 1 N–H and O–H groups in total. The Morgan fingerprint density at radius 3 is 2.12 bits per heavy atom. The van der Waals surface area contributed by atoms with E-state index in [1.54, 1.807) is 18.2 Å². The molecule has 0 unspecified atom stereocenters. The number of para-hydroxylation sites is 2. The average Bonchev–Trinajstić information content (AvgIpc) is 2.38. The SMILES string of the molecule is OOc1ccccc1OCc1ccccc1. The maximum absolute atomic E-state index is 8.64. The number of hydrogen-bond acceptors (Lipinski definition) is 3. The van der Waals surface area contributed by atoms with Crippen LogP contribution < -0.4 is 9.62 Å². The summed E-state index contributed by atoms with van der Waals surface area (Å²) < 4.78 is 5.53. The van der Waals surface area contributed by atoms with Crippen molar-refractivity contribution >= 4 is 0 Å². The summed E-state index contributed by atoms with van der Waals surface area (Å²) in [6.07, 6.45) is 0. The summed E-state index contributed by atoms with van der Waals surface area (Å²) in [5.41, 5.74) is 1.07. The average molecular weight is 216 g/mol. The van der Waals surface area contributed by atoms with Crippen molar-refractivity contribution in [3.05, 3.63) is 60.2 Å². The van der Waals surface area contributed by atoms with Crippen molar-refractivity contribution in [2.24, 2.45) is 0 Å². The Hall–Kier alpha value is -2.00. The maximum atomic E-state index is 8.64. The fraction of sp³-hybridized carbons (Fsp3) is 0.0769. The zero-order valence-corrected chi connectivity index (χ0v) is 8.67. The molecule has 0 aromatic heterocycles. The summed E-state index contributed by atoms with van der Waals surface area (Å²) in [5.74, 6) is 0.840. The molecule has 2 aromatic carbocycles. The van der Waals surface area contributed by atoms with Gasteiger partial charge in [-0.3, -0.25) is 0 Å². The van der Waals surface area contributed by atoms with Gasteiger partial charge in [0.1, 0.15) is 6.61 Å². The van der Waals surface area contributed by atoms with Crippen molar-refractivity contribution in [3.63, 3.8) is 0 Å². The first-order valence-corrected chi connectivity index (χ1v) is 4.97. The lowest BCUT2D eigenvalue weighted by molar-refractivity contribution is -0.139. The highest BCUT2D eigenvalue weighted by Crippen LogP contribution is 2.26. The van der Waals surface area contributed by atoms with Gasteiger partial charge in [0, 0.05) is 0 Å². The molecule has 0 spiro atoms. The topological polar surface area (TPSA) is 38.7 Å². The molecule has 0 bridgehead atoms. The third kappa shape index (κ3) is 2.52. The molecule has 3 nitrogen and oxygen atoms in total. The van der Waals surface area contributed by atoms with Gasteiger partial charge >= 0.3 is 0 Å². The number of benzene rings is 2. The first-order valence-electron chi connectivity index (χ1n) is 4.97.